The standard InChI is InChI=1S/C26H23N5O3S/c1-17-23(26(34)31(29(17)2)19-11-7-4-8-12-19)28-22(32)13-14-30-16-27-24-20(25(30)33)15-21(35-24)18-9-5-3-6-10-18/h3-12,15-16H,13-14H2,1-2H3,(H,28,32). The summed E-state index contributed by atoms with van der Waals surface area (Å²) in [6.07, 6.45) is 1.50. The summed E-state index contributed by atoms with van der Waals surface area (Å²) in [5.41, 5.74) is 2.10. The number of nitrogens with one attached hydrogen (secondary N) is 1. The molecule has 0 saturated carbocycles. The molecule has 0 saturated heterocycles. The van der Waals surface area contributed by atoms with Gasteiger partial charge in [-0.25, -0.2) is 9.67 Å². The number of hydrogen-bond donors (Lipinski definition) is 1. The van der Waals surface area contributed by atoms with E-state index in [0.717, 1.165) is 10.4 Å². The van der Waals surface area contributed by atoms with Crippen molar-refractivity contribution in [3.05, 3.63) is 99.5 Å². The van der Waals surface area contributed by atoms with Crippen molar-refractivity contribution in [2.75, 3.05) is 5.32 Å². The average molecular weight is 486 g/mol. The fourth-order valence-corrected chi connectivity index (χ4v) is 5.00. The average Bonchev–Trinajstić information content (AvgIpc) is 3.40. The minimum absolute atomic E-state index is 0.0296. The lowest BCUT2D eigenvalue weighted by Gasteiger charge is -2.07. The Morgan fingerprint density at radius 1 is 1.00 bits per heavy atom. The highest BCUT2D eigenvalue weighted by Gasteiger charge is 2.18. The van der Waals surface area contributed by atoms with Gasteiger partial charge in [0.1, 0.15) is 10.5 Å². The van der Waals surface area contributed by atoms with Gasteiger partial charge in [0, 0.05) is 24.9 Å². The van der Waals surface area contributed by atoms with E-state index in [-0.39, 0.29) is 35.7 Å². The zero-order valence-corrected chi connectivity index (χ0v) is 20.1. The van der Waals surface area contributed by atoms with Gasteiger partial charge in [-0.15, -0.1) is 11.3 Å². The Balaban J connectivity index is 1.34. The molecule has 0 aliphatic carbocycles. The van der Waals surface area contributed by atoms with Crippen LogP contribution < -0.4 is 16.4 Å². The zero-order valence-electron chi connectivity index (χ0n) is 19.3. The van der Waals surface area contributed by atoms with E-state index in [0.29, 0.717) is 21.6 Å². The molecule has 35 heavy (non-hydrogen) atoms. The zero-order chi connectivity index (χ0) is 24.5. The Labute approximate surface area is 204 Å². The van der Waals surface area contributed by atoms with Crippen LogP contribution in [0.25, 0.3) is 26.3 Å². The number of rotatable bonds is 6. The molecule has 0 fully saturated rings. The van der Waals surface area contributed by atoms with Gasteiger partial charge < -0.3 is 5.32 Å². The number of aromatic nitrogens is 4. The lowest BCUT2D eigenvalue weighted by molar-refractivity contribution is -0.116. The second-order valence-corrected chi connectivity index (χ2v) is 9.20. The molecule has 176 valence electrons. The van der Waals surface area contributed by atoms with Gasteiger partial charge >= 0.3 is 0 Å². The fraction of sp³-hybridized carbons (Fsp3) is 0.154. The maximum absolute atomic E-state index is 13.0. The summed E-state index contributed by atoms with van der Waals surface area (Å²) >= 11 is 1.46. The van der Waals surface area contributed by atoms with E-state index >= 15 is 0 Å². The molecule has 3 heterocycles. The van der Waals surface area contributed by atoms with Gasteiger partial charge in [-0.05, 0) is 30.7 Å². The third-order valence-corrected chi connectivity index (χ3v) is 7.07. The van der Waals surface area contributed by atoms with Gasteiger partial charge in [-0.1, -0.05) is 48.5 Å². The molecule has 0 aliphatic heterocycles. The highest BCUT2D eigenvalue weighted by atomic mass is 32.1. The van der Waals surface area contributed by atoms with E-state index in [4.69, 9.17) is 0 Å². The van der Waals surface area contributed by atoms with Crippen LogP contribution in [0.4, 0.5) is 5.69 Å². The molecular formula is C26H23N5O3S. The second kappa shape index (κ2) is 9.19. The molecule has 0 unspecified atom stereocenters. The summed E-state index contributed by atoms with van der Waals surface area (Å²) in [7, 11) is 1.77. The number of carbonyl (C=O) groups is 1. The molecule has 8 nitrogen and oxygen atoms in total. The molecule has 2 aromatic carbocycles. The Morgan fingerprint density at radius 2 is 1.69 bits per heavy atom. The summed E-state index contributed by atoms with van der Waals surface area (Å²) in [6, 6.07) is 20.9. The van der Waals surface area contributed by atoms with Gasteiger partial charge in [0.2, 0.25) is 5.91 Å². The molecular weight excluding hydrogens is 462 g/mol. The maximum Gasteiger partial charge on any atom is 0.295 e. The summed E-state index contributed by atoms with van der Waals surface area (Å²) in [4.78, 5) is 44.8. The first-order valence-corrected chi connectivity index (χ1v) is 11.9. The largest absolute Gasteiger partial charge is 0.320 e. The second-order valence-electron chi connectivity index (χ2n) is 8.17. The number of amides is 1. The molecule has 5 aromatic rings. The van der Waals surface area contributed by atoms with Gasteiger partial charge in [0.15, 0.2) is 0 Å². The van der Waals surface area contributed by atoms with Crippen molar-refractivity contribution >= 4 is 33.1 Å². The minimum atomic E-state index is -0.349. The van der Waals surface area contributed by atoms with Crippen LogP contribution in [0.2, 0.25) is 0 Å². The minimum Gasteiger partial charge on any atom is -0.320 e. The van der Waals surface area contributed by atoms with E-state index in [2.05, 4.69) is 10.3 Å². The Hall–Kier alpha value is -4.24. The highest BCUT2D eigenvalue weighted by molar-refractivity contribution is 7.21. The predicted octanol–water partition coefficient (Wildman–Crippen LogP) is 3.95. The van der Waals surface area contributed by atoms with Crippen molar-refractivity contribution in [2.45, 2.75) is 19.9 Å². The summed E-state index contributed by atoms with van der Waals surface area (Å²) < 4.78 is 4.65. The van der Waals surface area contributed by atoms with Crippen molar-refractivity contribution in [3.8, 4) is 16.1 Å². The van der Waals surface area contributed by atoms with E-state index in [1.165, 1.54) is 26.9 Å². The van der Waals surface area contributed by atoms with Gasteiger partial charge in [0.25, 0.3) is 11.1 Å². The van der Waals surface area contributed by atoms with Gasteiger partial charge in [0.05, 0.1) is 23.1 Å². The monoisotopic (exact) mass is 485 g/mol. The van der Waals surface area contributed by atoms with E-state index in [1.54, 1.807) is 18.7 Å². The van der Waals surface area contributed by atoms with Crippen molar-refractivity contribution < 1.29 is 4.79 Å². The van der Waals surface area contributed by atoms with Gasteiger partial charge in [-0.2, -0.15) is 0 Å². The van der Waals surface area contributed by atoms with Crippen LogP contribution in [-0.4, -0.2) is 24.8 Å². The smallest absolute Gasteiger partial charge is 0.295 e. The van der Waals surface area contributed by atoms with Crippen LogP contribution >= 0.6 is 11.3 Å². The first-order valence-electron chi connectivity index (χ1n) is 11.1. The number of para-hydroxylation sites is 1. The lowest BCUT2D eigenvalue weighted by Crippen LogP contribution is -2.25. The Morgan fingerprint density at radius 3 is 2.40 bits per heavy atom. The van der Waals surface area contributed by atoms with E-state index in [1.807, 2.05) is 66.7 Å². The molecule has 0 spiro atoms. The number of benzene rings is 2. The van der Waals surface area contributed by atoms with Crippen LogP contribution in [0.15, 0.2) is 82.6 Å². The first-order chi connectivity index (χ1) is 16.9. The van der Waals surface area contributed by atoms with Crippen LogP contribution in [0.3, 0.4) is 0 Å². The number of fused-ring (bicyclic) bond motifs is 1. The predicted molar refractivity (Wildman–Crippen MR) is 138 cm³/mol. The molecule has 0 aliphatic rings. The molecule has 0 radical (unpaired) electrons. The highest BCUT2D eigenvalue weighted by Crippen LogP contribution is 2.30. The fourth-order valence-electron chi connectivity index (χ4n) is 4.00. The molecule has 0 atom stereocenters. The number of aryl methyl sites for hydroxylation is 1. The van der Waals surface area contributed by atoms with Crippen molar-refractivity contribution in [2.24, 2.45) is 7.05 Å². The molecule has 1 amide bonds. The Kier molecular flexibility index (Phi) is 5.92. The molecule has 3 aromatic heterocycles. The van der Waals surface area contributed by atoms with Crippen LogP contribution in [-0.2, 0) is 18.4 Å². The summed E-state index contributed by atoms with van der Waals surface area (Å²) in [5.74, 6) is -0.349. The molecule has 0 bridgehead atoms. The van der Waals surface area contributed by atoms with Crippen LogP contribution in [0.1, 0.15) is 12.1 Å². The van der Waals surface area contributed by atoms with Crippen molar-refractivity contribution in [1.29, 1.82) is 0 Å². The quantitative estimate of drug-likeness (QED) is 0.394. The normalized spacial score (nSPS) is 11.1. The third kappa shape index (κ3) is 4.22. The number of thiophene rings is 1. The molecule has 9 heteroatoms. The molecule has 5 rings (SSSR count). The van der Waals surface area contributed by atoms with Crippen LogP contribution in [0.5, 0.6) is 0 Å². The molecule has 1 N–H and O–H groups in total. The van der Waals surface area contributed by atoms with E-state index < -0.39 is 0 Å². The number of nitrogens with zero attached hydrogens (tertiary/aromatic N) is 4. The lowest BCUT2D eigenvalue weighted by atomic mass is 10.2. The Bertz CT molecular complexity index is 1650. The third-order valence-electron chi connectivity index (χ3n) is 5.97. The SMILES string of the molecule is Cc1c(NC(=O)CCn2cnc3sc(-c4ccccc4)cc3c2=O)c(=O)n(-c2ccccc2)n1C. The number of anilines is 1. The summed E-state index contributed by atoms with van der Waals surface area (Å²) in [5, 5.41) is 3.26. The first kappa shape index (κ1) is 22.5. The number of hydrogen-bond acceptors (Lipinski definition) is 5. The maximum atomic E-state index is 13.0. The van der Waals surface area contributed by atoms with Gasteiger partial charge in [-0.3, -0.25) is 23.6 Å². The number of carbonyl (C=O) groups excluding carboxylic acids is 1. The van der Waals surface area contributed by atoms with Crippen molar-refractivity contribution in [1.82, 2.24) is 18.9 Å². The van der Waals surface area contributed by atoms with E-state index in [9.17, 15) is 14.4 Å². The summed E-state index contributed by atoms with van der Waals surface area (Å²) in [6.45, 7) is 1.93. The topological polar surface area (TPSA) is 90.9 Å². The van der Waals surface area contributed by atoms with Crippen molar-refractivity contribution in [3.63, 3.8) is 0 Å². The van der Waals surface area contributed by atoms with Crippen LogP contribution in [0, 0.1) is 6.92 Å².